The van der Waals surface area contributed by atoms with E-state index in [0.717, 1.165) is 71.7 Å². The summed E-state index contributed by atoms with van der Waals surface area (Å²) in [5.41, 5.74) is 2.57. The van der Waals surface area contributed by atoms with Crippen LogP contribution in [0.5, 0.6) is 0 Å². The van der Waals surface area contributed by atoms with Crippen molar-refractivity contribution < 1.29 is 4.79 Å². The number of carbonyl (C=O) groups excluding carboxylic acids is 1. The zero-order valence-electron chi connectivity index (χ0n) is 16.3. The van der Waals surface area contributed by atoms with Crippen LogP contribution in [0.4, 0.5) is 16.2 Å². The zero-order valence-corrected chi connectivity index (χ0v) is 16.3. The molecule has 2 heterocycles. The molecule has 0 atom stereocenters. The van der Waals surface area contributed by atoms with E-state index < -0.39 is 0 Å². The van der Waals surface area contributed by atoms with Crippen molar-refractivity contribution >= 4 is 17.4 Å². The maximum absolute atomic E-state index is 12.1. The molecule has 0 bridgehead atoms. The van der Waals surface area contributed by atoms with Crippen molar-refractivity contribution in [1.82, 2.24) is 15.1 Å². The van der Waals surface area contributed by atoms with E-state index in [1.54, 1.807) is 0 Å². The van der Waals surface area contributed by atoms with Gasteiger partial charge in [0.2, 0.25) is 0 Å². The van der Waals surface area contributed by atoms with Gasteiger partial charge in [0, 0.05) is 70.3 Å². The van der Waals surface area contributed by atoms with Crippen LogP contribution in [0.15, 0.2) is 24.3 Å². The van der Waals surface area contributed by atoms with Gasteiger partial charge in [0.25, 0.3) is 0 Å². The largest absolute Gasteiger partial charge is 0.369 e. The summed E-state index contributed by atoms with van der Waals surface area (Å²) in [5, 5.41) is 3.01. The summed E-state index contributed by atoms with van der Waals surface area (Å²) in [6, 6.07) is 9.02. The van der Waals surface area contributed by atoms with E-state index in [9.17, 15) is 4.79 Å². The number of urea groups is 1. The van der Waals surface area contributed by atoms with Crippen molar-refractivity contribution in [3.63, 3.8) is 0 Å². The highest BCUT2D eigenvalue weighted by molar-refractivity contribution is 5.74. The van der Waals surface area contributed by atoms with Crippen LogP contribution in [0.1, 0.15) is 19.8 Å². The maximum atomic E-state index is 12.1. The van der Waals surface area contributed by atoms with Gasteiger partial charge in [0.15, 0.2) is 0 Å². The number of nitrogens with zero attached hydrogens (tertiary/aromatic N) is 4. The van der Waals surface area contributed by atoms with Crippen molar-refractivity contribution in [2.24, 2.45) is 0 Å². The predicted molar refractivity (Wildman–Crippen MR) is 108 cm³/mol. The van der Waals surface area contributed by atoms with E-state index in [1.807, 2.05) is 4.90 Å². The van der Waals surface area contributed by atoms with Crippen LogP contribution >= 0.6 is 0 Å². The number of piperazine rings is 2. The first-order valence-electron chi connectivity index (χ1n) is 9.98. The highest BCUT2D eigenvalue weighted by Gasteiger charge is 2.21. The predicted octanol–water partition coefficient (Wildman–Crippen LogP) is 2.07. The highest BCUT2D eigenvalue weighted by Crippen LogP contribution is 2.22. The lowest BCUT2D eigenvalue weighted by Crippen LogP contribution is -2.52. The van der Waals surface area contributed by atoms with Crippen LogP contribution in [0.3, 0.4) is 0 Å². The fourth-order valence-corrected chi connectivity index (χ4v) is 3.59. The molecular formula is C20H33N5O. The summed E-state index contributed by atoms with van der Waals surface area (Å²) in [7, 11) is 2.18. The van der Waals surface area contributed by atoms with Crippen LogP contribution in [0.2, 0.25) is 0 Å². The van der Waals surface area contributed by atoms with E-state index in [1.165, 1.54) is 11.4 Å². The Morgan fingerprint density at radius 2 is 1.38 bits per heavy atom. The molecule has 0 unspecified atom stereocenters. The number of likely N-dealkylation sites (N-methyl/N-ethyl adjacent to an activating group) is 1. The van der Waals surface area contributed by atoms with E-state index in [2.05, 4.69) is 58.3 Å². The molecule has 1 N–H and O–H groups in total. The van der Waals surface area contributed by atoms with Gasteiger partial charge in [-0.15, -0.1) is 0 Å². The van der Waals surface area contributed by atoms with E-state index in [0.29, 0.717) is 0 Å². The SMILES string of the molecule is CCCCNC(=O)N1CCN(c2ccc(N3CCN(C)CC3)cc2)CC1. The molecule has 26 heavy (non-hydrogen) atoms. The number of anilines is 2. The summed E-state index contributed by atoms with van der Waals surface area (Å²) in [5.74, 6) is 0. The van der Waals surface area contributed by atoms with E-state index in [4.69, 9.17) is 0 Å². The Bertz CT molecular complexity index is 560. The molecule has 6 nitrogen and oxygen atoms in total. The van der Waals surface area contributed by atoms with Crippen LogP contribution in [-0.4, -0.2) is 81.8 Å². The summed E-state index contributed by atoms with van der Waals surface area (Å²) in [6.45, 7) is 10.8. The van der Waals surface area contributed by atoms with Gasteiger partial charge in [-0.3, -0.25) is 0 Å². The smallest absolute Gasteiger partial charge is 0.317 e. The van der Waals surface area contributed by atoms with Gasteiger partial charge >= 0.3 is 6.03 Å². The maximum Gasteiger partial charge on any atom is 0.317 e. The number of benzene rings is 1. The number of amides is 2. The topological polar surface area (TPSA) is 42.1 Å². The fourth-order valence-electron chi connectivity index (χ4n) is 3.59. The molecule has 2 aliphatic rings. The summed E-state index contributed by atoms with van der Waals surface area (Å²) < 4.78 is 0. The third kappa shape index (κ3) is 4.81. The second-order valence-electron chi connectivity index (χ2n) is 7.37. The van der Waals surface area contributed by atoms with Crippen molar-refractivity contribution in [3.8, 4) is 0 Å². The Hall–Kier alpha value is -1.95. The minimum Gasteiger partial charge on any atom is -0.369 e. The third-order valence-electron chi connectivity index (χ3n) is 5.46. The average molecular weight is 360 g/mol. The lowest BCUT2D eigenvalue weighted by Gasteiger charge is -2.37. The normalized spacial score (nSPS) is 18.9. The first-order valence-corrected chi connectivity index (χ1v) is 9.98. The number of hydrogen-bond acceptors (Lipinski definition) is 4. The average Bonchev–Trinajstić information content (AvgIpc) is 2.69. The quantitative estimate of drug-likeness (QED) is 0.818. The number of nitrogens with one attached hydrogen (secondary N) is 1. The number of hydrogen-bond donors (Lipinski definition) is 1. The van der Waals surface area contributed by atoms with Gasteiger partial charge in [-0.05, 0) is 37.7 Å². The van der Waals surface area contributed by atoms with Gasteiger partial charge < -0.3 is 24.9 Å². The molecule has 0 spiro atoms. The summed E-state index contributed by atoms with van der Waals surface area (Å²) in [6.07, 6.45) is 2.16. The van der Waals surface area contributed by atoms with Crippen molar-refractivity contribution in [3.05, 3.63) is 24.3 Å². The number of unbranched alkanes of at least 4 members (excludes halogenated alkanes) is 1. The molecule has 2 fully saturated rings. The van der Waals surface area contributed by atoms with Crippen LogP contribution in [-0.2, 0) is 0 Å². The van der Waals surface area contributed by atoms with Gasteiger partial charge in [-0.2, -0.15) is 0 Å². The minimum atomic E-state index is 0.0866. The molecular weight excluding hydrogens is 326 g/mol. The Labute approximate surface area is 157 Å². The van der Waals surface area contributed by atoms with Gasteiger partial charge in [-0.1, -0.05) is 13.3 Å². The Morgan fingerprint density at radius 1 is 0.885 bits per heavy atom. The fraction of sp³-hybridized carbons (Fsp3) is 0.650. The first-order chi connectivity index (χ1) is 12.7. The lowest BCUT2D eigenvalue weighted by atomic mass is 10.2. The van der Waals surface area contributed by atoms with Crippen LogP contribution in [0.25, 0.3) is 0 Å². The Morgan fingerprint density at radius 3 is 1.88 bits per heavy atom. The molecule has 0 radical (unpaired) electrons. The zero-order chi connectivity index (χ0) is 18.4. The van der Waals surface area contributed by atoms with Crippen molar-refractivity contribution in [1.29, 1.82) is 0 Å². The van der Waals surface area contributed by atoms with Crippen molar-refractivity contribution in [2.75, 3.05) is 75.8 Å². The third-order valence-corrected chi connectivity index (χ3v) is 5.46. The van der Waals surface area contributed by atoms with E-state index in [-0.39, 0.29) is 6.03 Å². The molecule has 0 saturated carbocycles. The number of carbonyl (C=O) groups is 1. The first kappa shape index (κ1) is 18.8. The Kier molecular flexibility index (Phi) is 6.61. The summed E-state index contributed by atoms with van der Waals surface area (Å²) in [4.78, 5) is 21.3. The second kappa shape index (κ2) is 9.12. The lowest BCUT2D eigenvalue weighted by molar-refractivity contribution is 0.194. The van der Waals surface area contributed by atoms with Gasteiger partial charge in [0.1, 0.15) is 0 Å². The molecule has 3 rings (SSSR count). The Balaban J connectivity index is 1.48. The molecule has 2 amide bonds. The molecule has 0 aliphatic carbocycles. The number of rotatable bonds is 5. The molecule has 6 heteroatoms. The molecule has 0 aromatic heterocycles. The van der Waals surface area contributed by atoms with Crippen LogP contribution in [0, 0.1) is 0 Å². The summed E-state index contributed by atoms with van der Waals surface area (Å²) >= 11 is 0. The molecule has 1 aromatic rings. The highest BCUT2D eigenvalue weighted by atomic mass is 16.2. The van der Waals surface area contributed by atoms with E-state index >= 15 is 0 Å². The van der Waals surface area contributed by atoms with Crippen LogP contribution < -0.4 is 15.1 Å². The van der Waals surface area contributed by atoms with Gasteiger partial charge in [0.05, 0.1) is 0 Å². The molecule has 2 aliphatic heterocycles. The van der Waals surface area contributed by atoms with Gasteiger partial charge in [-0.25, -0.2) is 4.79 Å². The molecule has 2 saturated heterocycles. The molecule has 144 valence electrons. The molecule has 1 aromatic carbocycles. The standard InChI is InChI=1S/C20H33N5O/c1-3-4-9-21-20(26)25-16-14-24(15-17-25)19-7-5-18(6-8-19)23-12-10-22(2)11-13-23/h5-8H,3-4,9-17H2,1-2H3,(H,21,26). The minimum absolute atomic E-state index is 0.0866. The second-order valence-corrected chi connectivity index (χ2v) is 7.37. The van der Waals surface area contributed by atoms with Crippen molar-refractivity contribution in [2.45, 2.75) is 19.8 Å². The monoisotopic (exact) mass is 359 g/mol.